The van der Waals surface area contributed by atoms with Gasteiger partial charge in [0, 0.05) is 31.2 Å². The van der Waals surface area contributed by atoms with E-state index in [1.807, 2.05) is 11.3 Å². The summed E-state index contributed by atoms with van der Waals surface area (Å²) in [6, 6.07) is 2.96. The summed E-state index contributed by atoms with van der Waals surface area (Å²) in [5, 5.41) is 8.35. The number of nitrogens with one attached hydrogen (secondary N) is 1. The zero-order valence-electron chi connectivity index (χ0n) is 13.5. The average molecular weight is 295 g/mol. The summed E-state index contributed by atoms with van der Waals surface area (Å²) in [5.41, 5.74) is 1.80. The predicted octanol–water partition coefficient (Wildman–Crippen LogP) is 4.13. The molecule has 3 heteroatoms. The van der Waals surface area contributed by atoms with Crippen molar-refractivity contribution in [3.8, 4) is 0 Å². The molecule has 1 unspecified atom stereocenters. The monoisotopic (exact) mass is 294 g/mol. The van der Waals surface area contributed by atoms with Crippen molar-refractivity contribution in [3.05, 3.63) is 22.4 Å². The molecule has 1 aliphatic heterocycles. The number of hydrogen-bond acceptors (Lipinski definition) is 3. The molecule has 2 nitrogen and oxygen atoms in total. The molecule has 20 heavy (non-hydrogen) atoms. The van der Waals surface area contributed by atoms with Crippen LogP contribution >= 0.6 is 11.3 Å². The average Bonchev–Trinajstić information content (AvgIpc) is 2.93. The standard InChI is InChI=1S/C17H30N2S/c1-5-17(6-2)13-19(11-15-7-8-20-12-15)16(10-18-17)9-14(3)4/h7-8,12,14,16,18H,5-6,9-11,13H2,1-4H3. The van der Waals surface area contributed by atoms with Crippen molar-refractivity contribution in [2.75, 3.05) is 13.1 Å². The zero-order valence-corrected chi connectivity index (χ0v) is 14.3. The predicted molar refractivity (Wildman–Crippen MR) is 89.3 cm³/mol. The Morgan fingerprint density at radius 2 is 2.15 bits per heavy atom. The van der Waals surface area contributed by atoms with E-state index in [0.29, 0.717) is 11.6 Å². The molecule has 1 aliphatic rings. The quantitative estimate of drug-likeness (QED) is 0.849. The number of thiophene rings is 1. The summed E-state index contributed by atoms with van der Waals surface area (Å²) in [4.78, 5) is 2.73. The molecule has 0 amide bonds. The van der Waals surface area contributed by atoms with Crippen LogP contribution in [0.3, 0.4) is 0 Å². The lowest BCUT2D eigenvalue weighted by Gasteiger charge is -2.48. The van der Waals surface area contributed by atoms with Crippen molar-refractivity contribution in [1.29, 1.82) is 0 Å². The third kappa shape index (κ3) is 3.84. The number of hydrogen-bond donors (Lipinski definition) is 1. The summed E-state index contributed by atoms with van der Waals surface area (Å²) in [7, 11) is 0. The van der Waals surface area contributed by atoms with Gasteiger partial charge in [-0.25, -0.2) is 0 Å². The Morgan fingerprint density at radius 3 is 2.70 bits per heavy atom. The minimum absolute atomic E-state index is 0.323. The molecule has 2 rings (SSSR count). The van der Waals surface area contributed by atoms with Gasteiger partial charge in [-0.05, 0) is 47.6 Å². The van der Waals surface area contributed by atoms with Gasteiger partial charge in [-0.2, -0.15) is 11.3 Å². The van der Waals surface area contributed by atoms with Gasteiger partial charge in [-0.3, -0.25) is 4.90 Å². The lowest BCUT2D eigenvalue weighted by atomic mass is 9.86. The van der Waals surface area contributed by atoms with Gasteiger partial charge in [0.2, 0.25) is 0 Å². The first-order chi connectivity index (χ1) is 9.58. The van der Waals surface area contributed by atoms with Crippen molar-refractivity contribution in [3.63, 3.8) is 0 Å². The van der Waals surface area contributed by atoms with Gasteiger partial charge in [0.15, 0.2) is 0 Å². The van der Waals surface area contributed by atoms with Crippen LogP contribution in [0.4, 0.5) is 0 Å². The Morgan fingerprint density at radius 1 is 1.40 bits per heavy atom. The van der Waals surface area contributed by atoms with Crippen LogP contribution in [-0.4, -0.2) is 29.6 Å². The molecule has 0 aliphatic carbocycles. The van der Waals surface area contributed by atoms with Gasteiger partial charge in [0.05, 0.1) is 0 Å². The van der Waals surface area contributed by atoms with Crippen molar-refractivity contribution in [1.82, 2.24) is 10.2 Å². The van der Waals surface area contributed by atoms with E-state index in [4.69, 9.17) is 0 Å². The molecular weight excluding hydrogens is 264 g/mol. The Kier molecular flexibility index (Phi) is 5.65. The normalized spacial score (nSPS) is 23.4. The second kappa shape index (κ2) is 7.06. The number of rotatable bonds is 6. The molecule has 1 fully saturated rings. The molecule has 0 aromatic carbocycles. The van der Waals surface area contributed by atoms with Crippen LogP contribution in [0, 0.1) is 5.92 Å². The first-order valence-corrected chi connectivity index (χ1v) is 9.03. The molecule has 2 heterocycles. The van der Waals surface area contributed by atoms with Crippen LogP contribution in [0.2, 0.25) is 0 Å². The van der Waals surface area contributed by atoms with E-state index >= 15 is 0 Å². The van der Waals surface area contributed by atoms with E-state index in [9.17, 15) is 0 Å². The summed E-state index contributed by atoms with van der Waals surface area (Å²) in [5.74, 6) is 0.766. The highest BCUT2D eigenvalue weighted by Gasteiger charge is 2.36. The van der Waals surface area contributed by atoms with Crippen molar-refractivity contribution < 1.29 is 0 Å². The molecular formula is C17H30N2S. The minimum atomic E-state index is 0.323. The maximum absolute atomic E-state index is 3.86. The van der Waals surface area contributed by atoms with Crippen LogP contribution in [0.25, 0.3) is 0 Å². The second-order valence-corrected chi connectivity index (χ2v) is 7.47. The molecule has 114 valence electrons. The molecule has 0 spiro atoms. The Balaban J connectivity index is 2.09. The van der Waals surface area contributed by atoms with Crippen molar-refractivity contribution in [2.45, 2.75) is 65.1 Å². The maximum atomic E-state index is 3.86. The molecule has 1 atom stereocenters. The van der Waals surface area contributed by atoms with Gasteiger partial charge < -0.3 is 5.32 Å². The molecule has 0 radical (unpaired) electrons. The van der Waals surface area contributed by atoms with Crippen molar-refractivity contribution >= 4 is 11.3 Å². The first kappa shape index (κ1) is 16.0. The van der Waals surface area contributed by atoms with Crippen LogP contribution in [-0.2, 0) is 6.54 Å². The lowest BCUT2D eigenvalue weighted by molar-refractivity contribution is 0.0562. The third-order valence-electron chi connectivity index (χ3n) is 4.80. The van der Waals surface area contributed by atoms with E-state index in [-0.39, 0.29) is 0 Å². The van der Waals surface area contributed by atoms with E-state index in [1.54, 1.807) is 0 Å². The topological polar surface area (TPSA) is 15.3 Å². The van der Waals surface area contributed by atoms with Crippen LogP contribution in [0.5, 0.6) is 0 Å². The fraction of sp³-hybridized carbons (Fsp3) is 0.765. The first-order valence-electron chi connectivity index (χ1n) is 8.08. The van der Waals surface area contributed by atoms with Crippen molar-refractivity contribution in [2.24, 2.45) is 5.92 Å². The lowest BCUT2D eigenvalue weighted by Crippen LogP contribution is -2.63. The van der Waals surface area contributed by atoms with Gasteiger partial charge in [0.1, 0.15) is 0 Å². The summed E-state index contributed by atoms with van der Waals surface area (Å²) >= 11 is 1.81. The zero-order chi connectivity index (χ0) is 14.6. The molecule has 1 saturated heterocycles. The smallest absolute Gasteiger partial charge is 0.0304 e. The van der Waals surface area contributed by atoms with Gasteiger partial charge >= 0.3 is 0 Å². The van der Waals surface area contributed by atoms with E-state index < -0.39 is 0 Å². The molecule has 1 N–H and O–H groups in total. The third-order valence-corrected chi connectivity index (χ3v) is 5.53. The highest BCUT2D eigenvalue weighted by Crippen LogP contribution is 2.27. The van der Waals surface area contributed by atoms with Gasteiger partial charge in [0.25, 0.3) is 0 Å². The van der Waals surface area contributed by atoms with Gasteiger partial charge in [-0.1, -0.05) is 27.7 Å². The molecule has 0 saturated carbocycles. The van der Waals surface area contributed by atoms with Crippen LogP contribution in [0.1, 0.15) is 52.5 Å². The largest absolute Gasteiger partial charge is 0.308 e. The summed E-state index contributed by atoms with van der Waals surface area (Å²) in [6.07, 6.45) is 3.73. The highest BCUT2D eigenvalue weighted by atomic mass is 32.1. The van der Waals surface area contributed by atoms with Crippen LogP contribution < -0.4 is 5.32 Å². The summed E-state index contributed by atoms with van der Waals surface area (Å²) < 4.78 is 0. The van der Waals surface area contributed by atoms with Gasteiger partial charge in [-0.15, -0.1) is 0 Å². The van der Waals surface area contributed by atoms with E-state index in [1.165, 1.54) is 31.4 Å². The minimum Gasteiger partial charge on any atom is -0.308 e. The van der Waals surface area contributed by atoms with E-state index in [0.717, 1.165) is 19.0 Å². The number of piperazine rings is 1. The molecule has 0 bridgehead atoms. The fourth-order valence-electron chi connectivity index (χ4n) is 3.34. The Hall–Kier alpha value is -0.380. The Labute approximate surface area is 128 Å². The summed E-state index contributed by atoms with van der Waals surface area (Å²) in [6.45, 7) is 12.8. The number of nitrogens with zero attached hydrogens (tertiary/aromatic N) is 1. The van der Waals surface area contributed by atoms with E-state index in [2.05, 4.69) is 54.7 Å². The SMILES string of the molecule is CCC1(CC)CN(Cc2ccsc2)C(CC(C)C)CN1. The molecule has 1 aromatic heterocycles. The Bertz CT molecular complexity index is 382. The highest BCUT2D eigenvalue weighted by molar-refractivity contribution is 7.07. The van der Waals surface area contributed by atoms with Crippen LogP contribution in [0.15, 0.2) is 16.8 Å². The molecule has 1 aromatic rings. The maximum Gasteiger partial charge on any atom is 0.0304 e. The second-order valence-electron chi connectivity index (χ2n) is 6.69. The fourth-order valence-corrected chi connectivity index (χ4v) is 4.00.